The molecule has 3 heteroatoms. The van der Waals surface area contributed by atoms with Crippen molar-refractivity contribution in [3.8, 4) is 0 Å². The summed E-state index contributed by atoms with van der Waals surface area (Å²) < 4.78 is 5.62. The van der Waals surface area contributed by atoms with Crippen LogP contribution in [0, 0.1) is 0 Å². The van der Waals surface area contributed by atoms with E-state index in [1.807, 2.05) is 0 Å². The van der Waals surface area contributed by atoms with Crippen molar-refractivity contribution >= 4 is 5.69 Å². The second kappa shape index (κ2) is 5.72. The average molecular weight is 246 g/mol. The molecule has 2 aliphatic heterocycles. The minimum atomic E-state index is 0.499. The van der Waals surface area contributed by atoms with Crippen LogP contribution in [0.2, 0.25) is 0 Å². The van der Waals surface area contributed by atoms with E-state index in [0.29, 0.717) is 6.10 Å². The van der Waals surface area contributed by atoms with Crippen molar-refractivity contribution in [2.45, 2.75) is 38.3 Å². The third-order valence-corrected chi connectivity index (χ3v) is 3.88. The van der Waals surface area contributed by atoms with Crippen molar-refractivity contribution in [1.29, 1.82) is 0 Å². The van der Waals surface area contributed by atoms with Gasteiger partial charge in [0.15, 0.2) is 0 Å². The van der Waals surface area contributed by atoms with Gasteiger partial charge in [0, 0.05) is 25.4 Å². The highest BCUT2D eigenvalue weighted by Crippen LogP contribution is 2.23. The number of hydrogen-bond donors (Lipinski definition) is 2. The fourth-order valence-corrected chi connectivity index (χ4v) is 2.82. The fraction of sp³-hybridized carbons (Fsp3) is 0.600. The molecule has 1 aromatic carbocycles. The minimum Gasteiger partial charge on any atom is -0.384 e. The molecule has 0 spiro atoms. The Balaban J connectivity index is 1.42. The maximum Gasteiger partial charge on any atom is 0.0588 e. The first kappa shape index (κ1) is 12.0. The van der Waals surface area contributed by atoms with Gasteiger partial charge in [0.05, 0.1) is 6.10 Å². The number of benzene rings is 1. The van der Waals surface area contributed by atoms with E-state index in [0.717, 1.165) is 32.7 Å². The Morgan fingerprint density at radius 1 is 1.39 bits per heavy atom. The first-order valence-electron chi connectivity index (χ1n) is 7.10. The summed E-state index contributed by atoms with van der Waals surface area (Å²) in [7, 11) is 0. The summed E-state index contributed by atoms with van der Waals surface area (Å²) in [5.74, 6) is 0. The maximum atomic E-state index is 5.62. The summed E-state index contributed by atoms with van der Waals surface area (Å²) in [5.41, 5.74) is 4.15. The van der Waals surface area contributed by atoms with Crippen molar-refractivity contribution in [3.05, 3.63) is 29.3 Å². The summed E-state index contributed by atoms with van der Waals surface area (Å²) in [6.45, 7) is 4.06. The first-order chi connectivity index (χ1) is 8.92. The van der Waals surface area contributed by atoms with Crippen LogP contribution >= 0.6 is 0 Å². The monoisotopic (exact) mass is 246 g/mol. The van der Waals surface area contributed by atoms with Crippen LogP contribution in [-0.2, 0) is 17.7 Å². The third-order valence-electron chi connectivity index (χ3n) is 3.88. The molecule has 0 radical (unpaired) electrons. The van der Waals surface area contributed by atoms with E-state index in [4.69, 9.17) is 4.74 Å². The quantitative estimate of drug-likeness (QED) is 0.782. The van der Waals surface area contributed by atoms with Crippen LogP contribution in [0.5, 0.6) is 0 Å². The normalized spacial score (nSPS) is 21.9. The Morgan fingerprint density at radius 2 is 2.39 bits per heavy atom. The lowest BCUT2D eigenvalue weighted by Crippen LogP contribution is -2.19. The standard InChI is InChI=1S/C15H22N2O/c1-2-14(18-9-1)6-7-16-11-12-3-4-13-5-8-17-15(13)10-12/h3-4,10,14,16-17H,1-2,5-9,11H2. The van der Waals surface area contributed by atoms with E-state index in [1.165, 1.54) is 36.1 Å². The van der Waals surface area contributed by atoms with Crippen molar-refractivity contribution in [2.75, 3.05) is 25.0 Å². The largest absolute Gasteiger partial charge is 0.384 e. The molecule has 0 saturated carbocycles. The second-order valence-corrected chi connectivity index (χ2v) is 5.27. The number of fused-ring (bicyclic) bond motifs is 1. The molecule has 1 unspecified atom stereocenters. The molecule has 0 aromatic heterocycles. The topological polar surface area (TPSA) is 33.3 Å². The molecule has 2 heterocycles. The smallest absolute Gasteiger partial charge is 0.0588 e. The Labute approximate surface area is 109 Å². The van der Waals surface area contributed by atoms with E-state index in [2.05, 4.69) is 28.8 Å². The Hall–Kier alpha value is -1.06. The van der Waals surface area contributed by atoms with Gasteiger partial charge in [-0.1, -0.05) is 12.1 Å². The van der Waals surface area contributed by atoms with Crippen molar-refractivity contribution in [3.63, 3.8) is 0 Å². The molecular weight excluding hydrogens is 224 g/mol. The molecule has 2 aliphatic rings. The highest BCUT2D eigenvalue weighted by molar-refractivity contribution is 5.56. The Kier molecular flexibility index (Phi) is 3.81. The molecule has 0 amide bonds. The molecule has 2 N–H and O–H groups in total. The third kappa shape index (κ3) is 2.85. The van der Waals surface area contributed by atoms with Gasteiger partial charge in [-0.15, -0.1) is 0 Å². The average Bonchev–Trinajstić information content (AvgIpc) is 3.05. The zero-order valence-corrected chi connectivity index (χ0v) is 10.9. The summed E-state index contributed by atoms with van der Waals surface area (Å²) in [4.78, 5) is 0. The summed E-state index contributed by atoms with van der Waals surface area (Å²) in [6.07, 6.45) is 5.29. The molecule has 0 bridgehead atoms. The highest BCUT2D eigenvalue weighted by atomic mass is 16.5. The van der Waals surface area contributed by atoms with Crippen LogP contribution in [0.25, 0.3) is 0 Å². The fourth-order valence-electron chi connectivity index (χ4n) is 2.82. The van der Waals surface area contributed by atoms with Crippen LogP contribution in [0.3, 0.4) is 0 Å². The van der Waals surface area contributed by atoms with Gasteiger partial charge in [-0.25, -0.2) is 0 Å². The molecule has 3 nitrogen and oxygen atoms in total. The van der Waals surface area contributed by atoms with Crippen molar-refractivity contribution < 1.29 is 4.74 Å². The molecule has 18 heavy (non-hydrogen) atoms. The molecule has 98 valence electrons. The van der Waals surface area contributed by atoms with Crippen LogP contribution in [0.15, 0.2) is 18.2 Å². The molecule has 0 aliphatic carbocycles. The van der Waals surface area contributed by atoms with E-state index >= 15 is 0 Å². The first-order valence-corrected chi connectivity index (χ1v) is 7.10. The lowest BCUT2D eigenvalue weighted by molar-refractivity contribution is 0.104. The van der Waals surface area contributed by atoms with Crippen molar-refractivity contribution in [1.82, 2.24) is 5.32 Å². The zero-order chi connectivity index (χ0) is 12.2. The van der Waals surface area contributed by atoms with E-state index in [9.17, 15) is 0 Å². The van der Waals surface area contributed by atoms with Crippen LogP contribution in [-0.4, -0.2) is 25.8 Å². The molecule has 1 aromatic rings. The van der Waals surface area contributed by atoms with E-state index in [-0.39, 0.29) is 0 Å². The number of ether oxygens (including phenoxy) is 1. The maximum absolute atomic E-state index is 5.62. The van der Waals surface area contributed by atoms with Crippen LogP contribution in [0.4, 0.5) is 5.69 Å². The number of nitrogens with one attached hydrogen (secondary N) is 2. The van der Waals surface area contributed by atoms with Gasteiger partial charge in [-0.05, 0) is 49.4 Å². The second-order valence-electron chi connectivity index (χ2n) is 5.27. The van der Waals surface area contributed by atoms with Gasteiger partial charge in [0.1, 0.15) is 0 Å². The number of hydrogen-bond acceptors (Lipinski definition) is 3. The molecular formula is C15H22N2O. The SMILES string of the molecule is c1cc2c(cc1CNCCC1CCCO1)NCC2. The van der Waals surface area contributed by atoms with Gasteiger partial charge in [-0.2, -0.15) is 0 Å². The predicted molar refractivity (Wildman–Crippen MR) is 73.9 cm³/mol. The highest BCUT2D eigenvalue weighted by Gasteiger charge is 2.14. The van der Waals surface area contributed by atoms with Crippen molar-refractivity contribution in [2.24, 2.45) is 0 Å². The molecule has 3 rings (SSSR count). The summed E-state index contributed by atoms with van der Waals surface area (Å²) in [5, 5.41) is 6.94. The van der Waals surface area contributed by atoms with E-state index in [1.54, 1.807) is 0 Å². The Bertz CT molecular complexity index is 399. The minimum absolute atomic E-state index is 0.499. The van der Waals surface area contributed by atoms with Gasteiger partial charge in [0.25, 0.3) is 0 Å². The van der Waals surface area contributed by atoms with Gasteiger partial charge < -0.3 is 15.4 Å². The molecule has 1 saturated heterocycles. The summed E-state index contributed by atoms with van der Waals surface area (Å²) >= 11 is 0. The van der Waals surface area contributed by atoms with Crippen LogP contribution < -0.4 is 10.6 Å². The predicted octanol–water partition coefficient (Wildman–Crippen LogP) is 2.31. The molecule has 1 atom stereocenters. The lowest BCUT2D eigenvalue weighted by Gasteiger charge is -2.10. The number of rotatable bonds is 5. The van der Waals surface area contributed by atoms with Crippen LogP contribution in [0.1, 0.15) is 30.4 Å². The summed E-state index contributed by atoms with van der Waals surface area (Å²) in [6, 6.07) is 6.78. The number of anilines is 1. The lowest BCUT2D eigenvalue weighted by atomic mass is 10.1. The molecule has 1 fully saturated rings. The Morgan fingerprint density at radius 3 is 3.28 bits per heavy atom. The van der Waals surface area contributed by atoms with Gasteiger partial charge in [-0.3, -0.25) is 0 Å². The van der Waals surface area contributed by atoms with Gasteiger partial charge >= 0.3 is 0 Å². The zero-order valence-electron chi connectivity index (χ0n) is 10.9. The van der Waals surface area contributed by atoms with E-state index < -0.39 is 0 Å². The van der Waals surface area contributed by atoms with Gasteiger partial charge in [0.2, 0.25) is 0 Å².